The SMILES string of the molecule is CCOC(=O)c1c(C)oc2ncn(CC(=O)N3CCCC3c3cc(OC)ccc3OC)c(=O)c12. The number of carbonyl (C=O) groups excluding carboxylic acids is 2. The van der Waals surface area contributed by atoms with Gasteiger partial charge in [-0.15, -0.1) is 0 Å². The third-order valence-corrected chi connectivity index (χ3v) is 6.01. The second-order valence-electron chi connectivity index (χ2n) is 7.96. The topological polar surface area (TPSA) is 113 Å². The van der Waals surface area contributed by atoms with Crippen molar-refractivity contribution in [2.45, 2.75) is 39.3 Å². The van der Waals surface area contributed by atoms with Gasteiger partial charge in [-0.1, -0.05) is 0 Å². The maximum atomic E-state index is 13.3. The quantitative estimate of drug-likeness (QED) is 0.486. The van der Waals surface area contributed by atoms with Gasteiger partial charge in [0.1, 0.15) is 41.1 Å². The normalized spacial score (nSPS) is 15.5. The minimum atomic E-state index is -0.661. The predicted octanol–water partition coefficient (Wildman–Crippen LogP) is 2.86. The lowest BCUT2D eigenvalue weighted by Gasteiger charge is -2.27. The van der Waals surface area contributed by atoms with Gasteiger partial charge in [0.25, 0.3) is 5.56 Å². The molecule has 0 spiro atoms. The minimum absolute atomic E-state index is 0.0127. The van der Waals surface area contributed by atoms with Crippen molar-refractivity contribution in [3.05, 3.63) is 51.8 Å². The standard InChI is InChI=1S/C24H27N3O7/c1-5-33-24(30)20-14(2)34-22-21(20)23(29)26(13-25-22)12-19(28)27-10-6-7-17(27)16-11-15(31-3)8-9-18(16)32-4/h8-9,11,13,17H,5-7,10,12H2,1-4H3. The molecule has 10 nitrogen and oxygen atoms in total. The van der Waals surface area contributed by atoms with E-state index in [1.165, 1.54) is 10.9 Å². The second kappa shape index (κ2) is 9.58. The van der Waals surface area contributed by atoms with Crippen LogP contribution in [0.15, 0.2) is 33.7 Å². The number of amides is 1. The van der Waals surface area contributed by atoms with Gasteiger partial charge in [-0.2, -0.15) is 0 Å². The zero-order chi connectivity index (χ0) is 24.4. The van der Waals surface area contributed by atoms with Crippen LogP contribution in [0.1, 0.15) is 47.5 Å². The van der Waals surface area contributed by atoms with Gasteiger partial charge in [0.15, 0.2) is 0 Å². The number of furan rings is 1. The van der Waals surface area contributed by atoms with E-state index in [0.29, 0.717) is 18.0 Å². The van der Waals surface area contributed by atoms with Crippen LogP contribution in [0.4, 0.5) is 0 Å². The van der Waals surface area contributed by atoms with E-state index in [1.807, 2.05) is 12.1 Å². The molecule has 34 heavy (non-hydrogen) atoms. The van der Waals surface area contributed by atoms with E-state index in [2.05, 4.69) is 4.98 Å². The molecule has 1 aromatic carbocycles. The van der Waals surface area contributed by atoms with Gasteiger partial charge in [0, 0.05) is 12.1 Å². The molecule has 1 fully saturated rings. The molecular weight excluding hydrogens is 442 g/mol. The molecular formula is C24H27N3O7. The van der Waals surface area contributed by atoms with Gasteiger partial charge in [-0.3, -0.25) is 14.2 Å². The number of carbonyl (C=O) groups is 2. The number of esters is 1. The molecule has 3 aromatic rings. The zero-order valence-corrected chi connectivity index (χ0v) is 19.6. The Kier molecular flexibility index (Phi) is 6.58. The molecule has 0 bridgehead atoms. The second-order valence-corrected chi connectivity index (χ2v) is 7.96. The van der Waals surface area contributed by atoms with Crippen molar-refractivity contribution in [3.8, 4) is 11.5 Å². The summed E-state index contributed by atoms with van der Waals surface area (Å²) in [6.07, 6.45) is 2.84. The first kappa shape index (κ1) is 23.3. The highest BCUT2D eigenvalue weighted by Crippen LogP contribution is 2.39. The van der Waals surface area contributed by atoms with E-state index in [1.54, 1.807) is 39.0 Å². The molecule has 1 saturated heterocycles. The Morgan fingerprint density at radius 1 is 1.24 bits per heavy atom. The Bertz CT molecular complexity index is 1290. The first-order chi connectivity index (χ1) is 16.4. The van der Waals surface area contributed by atoms with Gasteiger partial charge >= 0.3 is 5.97 Å². The average Bonchev–Trinajstić information content (AvgIpc) is 3.45. The summed E-state index contributed by atoms with van der Waals surface area (Å²) in [5.74, 6) is 0.674. The van der Waals surface area contributed by atoms with Gasteiger partial charge in [0.2, 0.25) is 11.6 Å². The number of likely N-dealkylation sites (tertiary alicyclic amines) is 1. The van der Waals surface area contributed by atoms with Crippen molar-refractivity contribution in [3.63, 3.8) is 0 Å². The molecule has 1 aliphatic rings. The van der Waals surface area contributed by atoms with Gasteiger partial charge < -0.3 is 23.5 Å². The summed E-state index contributed by atoms with van der Waals surface area (Å²) in [5.41, 5.74) is 0.391. The molecule has 4 rings (SSSR count). The van der Waals surface area contributed by atoms with Crippen LogP contribution in [0.3, 0.4) is 0 Å². The van der Waals surface area contributed by atoms with Gasteiger partial charge in [0.05, 0.1) is 26.9 Å². The summed E-state index contributed by atoms with van der Waals surface area (Å²) >= 11 is 0. The number of fused-ring (bicyclic) bond motifs is 1. The van der Waals surface area contributed by atoms with Crippen molar-refractivity contribution in [1.29, 1.82) is 0 Å². The number of methoxy groups -OCH3 is 2. The number of hydrogen-bond acceptors (Lipinski definition) is 8. The van der Waals surface area contributed by atoms with Crippen LogP contribution in [0.25, 0.3) is 11.1 Å². The summed E-state index contributed by atoms with van der Waals surface area (Å²) in [6, 6.07) is 5.28. The molecule has 10 heteroatoms. The van der Waals surface area contributed by atoms with Crippen LogP contribution in [-0.4, -0.2) is 53.7 Å². The Balaban J connectivity index is 1.66. The van der Waals surface area contributed by atoms with E-state index in [0.717, 1.165) is 18.4 Å². The number of rotatable bonds is 7. The molecule has 2 aromatic heterocycles. The van der Waals surface area contributed by atoms with Crippen molar-refractivity contribution in [2.24, 2.45) is 0 Å². The predicted molar refractivity (Wildman–Crippen MR) is 122 cm³/mol. The Labute approximate surface area is 196 Å². The molecule has 0 saturated carbocycles. The maximum absolute atomic E-state index is 13.3. The highest BCUT2D eigenvalue weighted by molar-refractivity contribution is 6.03. The molecule has 1 amide bonds. The number of aromatic nitrogens is 2. The summed E-state index contributed by atoms with van der Waals surface area (Å²) in [4.78, 5) is 44.8. The van der Waals surface area contributed by atoms with Crippen molar-refractivity contribution < 1.29 is 28.2 Å². The van der Waals surface area contributed by atoms with Crippen molar-refractivity contribution in [2.75, 3.05) is 27.4 Å². The van der Waals surface area contributed by atoms with Crippen molar-refractivity contribution in [1.82, 2.24) is 14.5 Å². The Morgan fingerprint density at radius 2 is 2.03 bits per heavy atom. The Hall–Kier alpha value is -3.82. The highest BCUT2D eigenvalue weighted by Gasteiger charge is 2.33. The smallest absolute Gasteiger partial charge is 0.342 e. The molecule has 0 radical (unpaired) electrons. The maximum Gasteiger partial charge on any atom is 0.342 e. The molecule has 180 valence electrons. The van der Waals surface area contributed by atoms with Crippen LogP contribution >= 0.6 is 0 Å². The van der Waals surface area contributed by atoms with E-state index in [4.69, 9.17) is 18.6 Å². The van der Waals surface area contributed by atoms with Gasteiger partial charge in [-0.05, 0) is 44.9 Å². The van der Waals surface area contributed by atoms with Crippen LogP contribution in [0, 0.1) is 6.92 Å². The van der Waals surface area contributed by atoms with E-state index >= 15 is 0 Å². The third kappa shape index (κ3) is 4.11. The lowest BCUT2D eigenvalue weighted by Crippen LogP contribution is -2.36. The Morgan fingerprint density at radius 3 is 2.74 bits per heavy atom. The largest absolute Gasteiger partial charge is 0.497 e. The fourth-order valence-corrected chi connectivity index (χ4v) is 4.42. The fraction of sp³-hybridized carbons (Fsp3) is 0.417. The first-order valence-corrected chi connectivity index (χ1v) is 11.1. The lowest BCUT2D eigenvalue weighted by molar-refractivity contribution is -0.132. The van der Waals surface area contributed by atoms with Crippen molar-refractivity contribution >= 4 is 23.0 Å². The molecule has 1 aliphatic heterocycles. The monoisotopic (exact) mass is 469 g/mol. The van der Waals surface area contributed by atoms with Crippen LogP contribution in [-0.2, 0) is 16.1 Å². The minimum Gasteiger partial charge on any atom is -0.497 e. The number of nitrogens with zero attached hydrogens (tertiary/aromatic N) is 3. The summed E-state index contributed by atoms with van der Waals surface area (Å²) < 4.78 is 22.6. The summed E-state index contributed by atoms with van der Waals surface area (Å²) in [6.45, 7) is 3.72. The number of hydrogen-bond donors (Lipinski definition) is 0. The van der Waals surface area contributed by atoms with E-state index in [-0.39, 0.29) is 47.5 Å². The molecule has 0 N–H and O–H groups in total. The highest BCUT2D eigenvalue weighted by atomic mass is 16.5. The fourth-order valence-electron chi connectivity index (χ4n) is 4.42. The van der Waals surface area contributed by atoms with Gasteiger partial charge in [-0.25, -0.2) is 9.78 Å². The summed E-state index contributed by atoms with van der Waals surface area (Å²) in [5, 5.41) is 0.0127. The molecule has 3 heterocycles. The average molecular weight is 469 g/mol. The van der Waals surface area contributed by atoms with E-state index < -0.39 is 11.5 Å². The molecule has 1 atom stereocenters. The molecule has 1 unspecified atom stereocenters. The van der Waals surface area contributed by atoms with Crippen LogP contribution in [0.2, 0.25) is 0 Å². The van der Waals surface area contributed by atoms with E-state index in [9.17, 15) is 14.4 Å². The first-order valence-electron chi connectivity index (χ1n) is 11.1. The lowest BCUT2D eigenvalue weighted by atomic mass is 10.0. The number of ether oxygens (including phenoxy) is 3. The molecule has 0 aliphatic carbocycles. The number of aryl methyl sites for hydroxylation is 1. The zero-order valence-electron chi connectivity index (χ0n) is 19.6. The summed E-state index contributed by atoms with van der Waals surface area (Å²) in [7, 11) is 3.17. The number of benzene rings is 1. The van der Waals surface area contributed by atoms with Crippen LogP contribution < -0.4 is 15.0 Å². The third-order valence-electron chi connectivity index (χ3n) is 6.01. The van der Waals surface area contributed by atoms with Crippen LogP contribution in [0.5, 0.6) is 11.5 Å².